The SMILES string of the molecule is CC(C)(C)c1ccc(-c2nnc(-c3ccc(OCCCCCCBr)cc3)o2)cc1. The van der Waals surface area contributed by atoms with Gasteiger partial charge in [-0.3, -0.25) is 0 Å². The predicted molar refractivity (Wildman–Crippen MR) is 122 cm³/mol. The van der Waals surface area contributed by atoms with Crippen LogP contribution in [-0.2, 0) is 5.41 Å². The monoisotopic (exact) mass is 456 g/mol. The Morgan fingerprint density at radius 3 is 1.90 bits per heavy atom. The first-order valence-electron chi connectivity index (χ1n) is 10.2. The van der Waals surface area contributed by atoms with Crippen LogP contribution in [0.2, 0.25) is 0 Å². The summed E-state index contributed by atoms with van der Waals surface area (Å²) in [6.45, 7) is 7.34. The quantitative estimate of drug-likeness (QED) is 0.256. The third-order valence-corrected chi connectivity index (χ3v) is 5.38. The normalized spacial score (nSPS) is 11.6. The van der Waals surface area contributed by atoms with Crippen LogP contribution in [0.15, 0.2) is 52.9 Å². The van der Waals surface area contributed by atoms with Gasteiger partial charge >= 0.3 is 0 Å². The summed E-state index contributed by atoms with van der Waals surface area (Å²) in [4.78, 5) is 0. The lowest BCUT2D eigenvalue weighted by atomic mass is 9.87. The van der Waals surface area contributed by atoms with Gasteiger partial charge in [0.05, 0.1) is 6.61 Å². The molecule has 0 unspecified atom stereocenters. The number of hydrogen-bond acceptors (Lipinski definition) is 4. The smallest absolute Gasteiger partial charge is 0.248 e. The molecule has 2 aromatic carbocycles. The minimum Gasteiger partial charge on any atom is -0.494 e. The summed E-state index contributed by atoms with van der Waals surface area (Å²) >= 11 is 3.46. The first-order valence-corrected chi connectivity index (χ1v) is 11.3. The van der Waals surface area contributed by atoms with Crippen LogP contribution in [0.5, 0.6) is 5.75 Å². The maximum absolute atomic E-state index is 5.89. The number of unbranched alkanes of at least 4 members (excludes halogenated alkanes) is 3. The Bertz CT molecular complexity index is 880. The van der Waals surface area contributed by atoms with E-state index >= 15 is 0 Å². The average molecular weight is 457 g/mol. The molecule has 1 heterocycles. The number of alkyl halides is 1. The highest BCUT2D eigenvalue weighted by molar-refractivity contribution is 9.09. The summed E-state index contributed by atoms with van der Waals surface area (Å²) in [7, 11) is 0. The maximum atomic E-state index is 5.89. The summed E-state index contributed by atoms with van der Waals surface area (Å²) in [5, 5.41) is 9.50. The van der Waals surface area contributed by atoms with Gasteiger partial charge in [0, 0.05) is 16.5 Å². The van der Waals surface area contributed by atoms with Crippen LogP contribution in [0.1, 0.15) is 52.0 Å². The number of nitrogens with zero attached hydrogens (tertiary/aromatic N) is 2. The third kappa shape index (κ3) is 6.17. The number of rotatable bonds is 9. The van der Waals surface area contributed by atoms with Crippen molar-refractivity contribution in [3.8, 4) is 28.7 Å². The van der Waals surface area contributed by atoms with Gasteiger partial charge in [-0.1, -0.05) is 61.7 Å². The summed E-state index contributed by atoms with van der Waals surface area (Å²) in [6.07, 6.45) is 4.74. The number of halogens is 1. The highest BCUT2D eigenvalue weighted by Crippen LogP contribution is 2.28. The van der Waals surface area contributed by atoms with Gasteiger partial charge in [-0.15, -0.1) is 10.2 Å². The standard InChI is InChI=1S/C24H29BrN2O2/c1-24(2,3)20-12-8-18(9-13-20)22-26-27-23(29-22)19-10-14-21(15-11-19)28-17-7-5-4-6-16-25/h8-15H,4-7,16-17H2,1-3H3. The fourth-order valence-corrected chi connectivity index (χ4v) is 3.40. The Morgan fingerprint density at radius 1 is 0.793 bits per heavy atom. The van der Waals surface area contributed by atoms with E-state index in [0.29, 0.717) is 11.8 Å². The fraction of sp³-hybridized carbons (Fsp3) is 0.417. The van der Waals surface area contributed by atoms with Crippen molar-refractivity contribution in [2.75, 3.05) is 11.9 Å². The van der Waals surface area contributed by atoms with Crippen LogP contribution < -0.4 is 4.74 Å². The second-order valence-electron chi connectivity index (χ2n) is 8.22. The molecule has 5 heteroatoms. The lowest BCUT2D eigenvalue weighted by Gasteiger charge is -2.18. The molecule has 0 amide bonds. The number of ether oxygens (including phenoxy) is 1. The van der Waals surface area contributed by atoms with Gasteiger partial charge in [0.2, 0.25) is 11.8 Å². The summed E-state index contributed by atoms with van der Waals surface area (Å²) in [5.74, 6) is 1.91. The molecule has 1 aromatic heterocycles. The van der Waals surface area contributed by atoms with E-state index < -0.39 is 0 Å². The van der Waals surface area contributed by atoms with Crippen LogP contribution >= 0.6 is 15.9 Å². The van der Waals surface area contributed by atoms with Crippen LogP contribution in [-0.4, -0.2) is 22.1 Å². The van der Waals surface area contributed by atoms with E-state index in [-0.39, 0.29) is 5.41 Å². The fourth-order valence-electron chi connectivity index (χ4n) is 3.00. The summed E-state index contributed by atoms with van der Waals surface area (Å²) in [5.41, 5.74) is 3.21. The maximum Gasteiger partial charge on any atom is 0.248 e. The van der Waals surface area contributed by atoms with E-state index in [1.165, 1.54) is 24.8 Å². The molecule has 0 saturated heterocycles. The second-order valence-corrected chi connectivity index (χ2v) is 9.01. The first kappa shape index (κ1) is 21.6. The van der Waals surface area contributed by atoms with Crippen LogP contribution in [0.25, 0.3) is 22.9 Å². The molecular weight excluding hydrogens is 428 g/mol. The van der Waals surface area contributed by atoms with E-state index in [1.807, 2.05) is 36.4 Å². The number of aromatic nitrogens is 2. The summed E-state index contributed by atoms with van der Waals surface area (Å²) < 4.78 is 11.7. The molecule has 3 rings (SSSR count). The van der Waals surface area contributed by atoms with Gasteiger partial charge in [0.15, 0.2) is 0 Å². The minimum absolute atomic E-state index is 0.121. The van der Waals surface area contributed by atoms with Crippen LogP contribution in [0.4, 0.5) is 0 Å². The first-order chi connectivity index (χ1) is 14.0. The third-order valence-electron chi connectivity index (χ3n) is 4.82. The molecule has 0 aliphatic carbocycles. The molecule has 3 aromatic rings. The van der Waals surface area contributed by atoms with Crippen LogP contribution in [0, 0.1) is 0 Å². The molecule has 0 atom stereocenters. The van der Waals surface area contributed by atoms with Crippen molar-refractivity contribution in [3.05, 3.63) is 54.1 Å². The van der Waals surface area contributed by atoms with E-state index in [0.717, 1.165) is 35.2 Å². The molecule has 0 aliphatic rings. The van der Waals surface area contributed by atoms with Crippen molar-refractivity contribution in [1.82, 2.24) is 10.2 Å². The topological polar surface area (TPSA) is 48.2 Å². The van der Waals surface area contributed by atoms with Crippen molar-refractivity contribution in [2.45, 2.75) is 51.9 Å². The zero-order valence-electron chi connectivity index (χ0n) is 17.5. The Balaban J connectivity index is 1.59. The lowest BCUT2D eigenvalue weighted by molar-refractivity contribution is 0.305. The zero-order valence-corrected chi connectivity index (χ0v) is 19.0. The zero-order chi connectivity index (χ0) is 20.7. The van der Waals surface area contributed by atoms with Gasteiger partial charge in [-0.05, 0) is 60.2 Å². The Labute approximate surface area is 181 Å². The van der Waals surface area contributed by atoms with Crippen molar-refractivity contribution in [1.29, 1.82) is 0 Å². The number of hydrogen-bond donors (Lipinski definition) is 0. The van der Waals surface area contributed by atoms with E-state index in [2.05, 4.69) is 59.0 Å². The average Bonchev–Trinajstić information content (AvgIpc) is 3.21. The molecule has 0 aliphatic heterocycles. The van der Waals surface area contributed by atoms with Gasteiger partial charge in [0.1, 0.15) is 5.75 Å². The minimum atomic E-state index is 0.121. The molecule has 0 saturated carbocycles. The van der Waals surface area contributed by atoms with E-state index in [4.69, 9.17) is 9.15 Å². The van der Waals surface area contributed by atoms with Gasteiger partial charge in [0.25, 0.3) is 0 Å². The Kier molecular flexibility index (Phi) is 7.48. The van der Waals surface area contributed by atoms with Gasteiger partial charge in [-0.25, -0.2) is 0 Å². The highest BCUT2D eigenvalue weighted by Gasteiger charge is 2.15. The Hall–Kier alpha value is -2.14. The molecule has 29 heavy (non-hydrogen) atoms. The number of benzene rings is 2. The molecular formula is C24H29BrN2O2. The molecule has 0 radical (unpaired) electrons. The molecule has 4 nitrogen and oxygen atoms in total. The largest absolute Gasteiger partial charge is 0.494 e. The van der Waals surface area contributed by atoms with Crippen molar-refractivity contribution >= 4 is 15.9 Å². The highest BCUT2D eigenvalue weighted by atomic mass is 79.9. The van der Waals surface area contributed by atoms with Gasteiger partial charge < -0.3 is 9.15 Å². The molecule has 154 valence electrons. The predicted octanol–water partition coefficient (Wildman–Crippen LogP) is 7.04. The van der Waals surface area contributed by atoms with Crippen LogP contribution in [0.3, 0.4) is 0 Å². The van der Waals surface area contributed by atoms with E-state index in [1.54, 1.807) is 0 Å². The molecule has 0 spiro atoms. The lowest BCUT2D eigenvalue weighted by Crippen LogP contribution is -2.10. The van der Waals surface area contributed by atoms with Crippen molar-refractivity contribution in [2.24, 2.45) is 0 Å². The van der Waals surface area contributed by atoms with E-state index in [9.17, 15) is 0 Å². The van der Waals surface area contributed by atoms with Gasteiger partial charge in [-0.2, -0.15) is 0 Å². The molecule has 0 bridgehead atoms. The molecule has 0 N–H and O–H groups in total. The molecule has 0 fully saturated rings. The van der Waals surface area contributed by atoms with Crippen molar-refractivity contribution < 1.29 is 9.15 Å². The Morgan fingerprint density at radius 2 is 1.34 bits per heavy atom. The second kappa shape index (κ2) is 10.1. The summed E-state index contributed by atoms with van der Waals surface area (Å²) in [6, 6.07) is 16.1. The van der Waals surface area contributed by atoms with Crippen molar-refractivity contribution in [3.63, 3.8) is 0 Å².